The molecule has 18 heavy (non-hydrogen) atoms. The van der Waals surface area contributed by atoms with Crippen molar-refractivity contribution in [3.05, 3.63) is 29.3 Å². The topological polar surface area (TPSA) is 56.5 Å². The minimum atomic E-state index is -0.0313. The fourth-order valence-corrected chi connectivity index (χ4v) is 2.10. The van der Waals surface area contributed by atoms with E-state index >= 15 is 0 Å². The summed E-state index contributed by atoms with van der Waals surface area (Å²) in [5.41, 5.74) is 2.36. The third-order valence-corrected chi connectivity index (χ3v) is 3.20. The van der Waals surface area contributed by atoms with Gasteiger partial charge in [-0.2, -0.15) is 5.26 Å². The van der Waals surface area contributed by atoms with Gasteiger partial charge in [0.15, 0.2) is 0 Å². The molecule has 0 amide bonds. The second kappa shape index (κ2) is 5.85. The highest BCUT2D eigenvalue weighted by molar-refractivity contribution is 5.61. The maximum atomic E-state index is 9.23. The minimum absolute atomic E-state index is 0.0313. The van der Waals surface area contributed by atoms with Crippen LogP contribution in [0.15, 0.2) is 18.2 Å². The summed E-state index contributed by atoms with van der Waals surface area (Å²) in [5, 5.41) is 18.3. The summed E-state index contributed by atoms with van der Waals surface area (Å²) in [4.78, 5) is 2.24. The van der Waals surface area contributed by atoms with E-state index in [1.807, 2.05) is 12.1 Å². The molecule has 1 fully saturated rings. The second-order valence-electron chi connectivity index (χ2n) is 4.54. The molecule has 1 N–H and O–H groups in total. The second-order valence-corrected chi connectivity index (χ2v) is 4.54. The van der Waals surface area contributed by atoms with Gasteiger partial charge in [-0.05, 0) is 30.5 Å². The van der Waals surface area contributed by atoms with Crippen LogP contribution in [0.25, 0.3) is 0 Å². The molecule has 4 heteroatoms. The van der Waals surface area contributed by atoms with Gasteiger partial charge in [-0.15, -0.1) is 0 Å². The highest BCUT2D eigenvalue weighted by Gasteiger charge is 2.30. The summed E-state index contributed by atoms with van der Waals surface area (Å²) < 4.78 is 5.13. The van der Waals surface area contributed by atoms with E-state index in [-0.39, 0.29) is 6.61 Å². The quantitative estimate of drug-likeness (QED) is 0.829. The van der Waals surface area contributed by atoms with Crippen molar-refractivity contribution in [3.8, 4) is 6.07 Å². The van der Waals surface area contributed by atoms with Gasteiger partial charge in [0.2, 0.25) is 0 Å². The Bertz CT molecular complexity index is 450. The first-order valence-electron chi connectivity index (χ1n) is 6.19. The van der Waals surface area contributed by atoms with E-state index in [1.54, 1.807) is 13.2 Å². The van der Waals surface area contributed by atoms with Crippen LogP contribution < -0.4 is 4.90 Å². The van der Waals surface area contributed by atoms with Crippen molar-refractivity contribution >= 4 is 5.69 Å². The zero-order chi connectivity index (χ0) is 13.0. The Hall–Kier alpha value is -1.57. The van der Waals surface area contributed by atoms with Crippen molar-refractivity contribution in [2.24, 2.45) is 0 Å². The van der Waals surface area contributed by atoms with E-state index in [2.05, 4.69) is 11.0 Å². The lowest BCUT2D eigenvalue weighted by Crippen LogP contribution is -2.30. The lowest BCUT2D eigenvalue weighted by Gasteiger charge is -2.25. The number of hydrogen-bond acceptors (Lipinski definition) is 4. The van der Waals surface area contributed by atoms with Gasteiger partial charge in [0.25, 0.3) is 0 Å². The van der Waals surface area contributed by atoms with Gasteiger partial charge in [-0.25, -0.2) is 0 Å². The first-order chi connectivity index (χ1) is 8.80. The predicted molar refractivity (Wildman–Crippen MR) is 69.3 cm³/mol. The average Bonchev–Trinajstić information content (AvgIpc) is 3.24. The third-order valence-electron chi connectivity index (χ3n) is 3.20. The fraction of sp³-hybridized carbons (Fsp3) is 0.500. The molecule has 1 aliphatic carbocycles. The molecule has 0 aromatic heterocycles. The van der Waals surface area contributed by atoms with Crippen LogP contribution in [0.3, 0.4) is 0 Å². The molecule has 0 spiro atoms. The van der Waals surface area contributed by atoms with E-state index < -0.39 is 0 Å². The van der Waals surface area contributed by atoms with E-state index in [0.29, 0.717) is 18.2 Å². The summed E-state index contributed by atoms with van der Waals surface area (Å²) in [5.74, 6) is 0. The van der Waals surface area contributed by atoms with E-state index in [1.165, 1.54) is 12.8 Å². The van der Waals surface area contributed by atoms with Gasteiger partial charge in [-0.1, -0.05) is 6.07 Å². The van der Waals surface area contributed by atoms with Crippen LogP contribution in [0, 0.1) is 11.3 Å². The van der Waals surface area contributed by atoms with Crippen LogP contribution in [0.2, 0.25) is 0 Å². The molecule has 0 radical (unpaired) electrons. The molecule has 0 heterocycles. The van der Waals surface area contributed by atoms with Crippen molar-refractivity contribution in [2.75, 3.05) is 25.2 Å². The van der Waals surface area contributed by atoms with Gasteiger partial charge in [0.05, 0.1) is 24.5 Å². The Morgan fingerprint density at radius 2 is 2.28 bits per heavy atom. The number of benzene rings is 1. The number of rotatable bonds is 6. The average molecular weight is 246 g/mol. The van der Waals surface area contributed by atoms with Crippen LogP contribution >= 0.6 is 0 Å². The number of anilines is 1. The monoisotopic (exact) mass is 246 g/mol. The van der Waals surface area contributed by atoms with Crippen LogP contribution in [0.4, 0.5) is 5.69 Å². The molecular weight excluding hydrogens is 228 g/mol. The van der Waals surface area contributed by atoms with Gasteiger partial charge < -0.3 is 14.7 Å². The molecule has 1 aliphatic rings. The molecule has 0 bridgehead atoms. The van der Waals surface area contributed by atoms with Crippen LogP contribution in [-0.4, -0.2) is 31.4 Å². The molecule has 2 rings (SSSR count). The number of hydrogen-bond donors (Lipinski definition) is 1. The summed E-state index contributed by atoms with van der Waals surface area (Å²) in [7, 11) is 1.69. The molecule has 0 unspecified atom stereocenters. The van der Waals surface area contributed by atoms with Gasteiger partial charge in [0, 0.05) is 19.7 Å². The Labute approximate surface area is 107 Å². The molecular formula is C14H18N2O2. The zero-order valence-electron chi connectivity index (χ0n) is 10.6. The molecule has 4 nitrogen and oxygen atoms in total. The SMILES string of the molecule is COCCN(c1ccc(CO)cc1C#N)C1CC1. The first-order valence-corrected chi connectivity index (χ1v) is 6.19. The summed E-state index contributed by atoms with van der Waals surface area (Å²) in [6, 6.07) is 8.31. The van der Waals surface area contributed by atoms with E-state index in [0.717, 1.165) is 17.8 Å². The Kier molecular flexibility index (Phi) is 4.19. The minimum Gasteiger partial charge on any atom is -0.392 e. The molecule has 0 aliphatic heterocycles. The highest BCUT2D eigenvalue weighted by atomic mass is 16.5. The third kappa shape index (κ3) is 2.81. The van der Waals surface area contributed by atoms with Crippen molar-refractivity contribution < 1.29 is 9.84 Å². The van der Waals surface area contributed by atoms with Crippen molar-refractivity contribution in [3.63, 3.8) is 0 Å². The predicted octanol–water partition coefficient (Wildman–Crippen LogP) is 1.67. The van der Waals surface area contributed by atoms with E-state index in [4.69, 9.17) is 9.84 Å². The van der Waals surface area contributed by atoms with Gasteiger partial charge in [0.1, 0.15) is 6.07 Å². The number of aliphatic hydroxyl groups excluding tert-OH is 1. The van der Waals surface area contributed by atoms with E-state index in [9.17, 15) is 5.26 Å². The number of aliphatic hydroxyl groups is 1. The van der Waals surface area contributed by atoms with Crippen LogP contribution in [-0.2, 0) is 11.3 Å². The van der Waals surface area contributed by atoms with Crippen molar-refractivity contribution in [2.45, 2.75) is 25.5 Å². The molecule has 1 aromatic carbocycles. The number of methoxy groups -OCH3 is 1. The lowest BCUT2D eigenvalue weighted by molar-refractivity contribution is 0.205. The first kappa shape index (κ1) is 12.9. The maximum Gasteiger partial charge on any atom is 0.101 e. The number of nitriles is 1. The molecule has 0 atom stereocenters. The zero-order valence-corrected chi connectivity index (χ0v) is 10.6. The van der Waals surface area contributed by atoms with Crippen molar-refractivity contribution in [1.82, 2.24) is 0 Å². The molecule has 1 saturated carbocycles. The Balaban J connectivity index is 2.26. The lowest BCUT2D eigenvalue weighted by atomic mass is 10.1. The Morgan fingerprint density at radius 3 is 2.83 bits per heavy atom. The van der Waals surface area contributed by atoms with Crippen molar-refractivity contribution in [1.29, 1.82) is 5.26 Å². The van der Waals surface area contributed by atoms with Crippen LogP contribution in [0.1, 0.15) is 24.0 Å². The van der Waals surface area contributed by atoms with Crippen LogP contribution in [0.5, 0.6) is 0 Å². The van der Waals surface area contributed by atoms with Gasteiger partial charge in [-0.3, -0.25) is 0 Å². The highest BCUT2D eigenvalue weighted by Crippen LogP contribution is 2.33. The molecule has 1 aromatic rings. The maximum absolute atomic E-state index is 9.23. The summed E-state index contributed by atoms with van der Waals surface area (Å²) in [6.07, 6.45) is 2.35. The summed E-state index contributed by atoms with van der Waals surface area (Å²) in [6.45, 7) is 1.42. The molecule has 0 saturated heterocycles. The normalized spacial score (nSPS) is 14.3. The number of ether oxygens (including phenoxy) is 1. The molecule has 96 valence electrons. The Morgan fingerprint density at radius 1 is 1.50 bits per heavy atom. The smallest absolute Gasteiger partial charge is 0.101 e. The number of nitrogens with zero attached hydrogens (tertiary/aromatic N) is 2. The largest absolute Gasteiger partial charge is 0.392 e. The fourth-order valence-electron chi connectivity index (χ4n) is 2.10. The van der Waals surface area contributed by atoms with Gasteiger partial charge >= 0.3 is 0 Å². The standard InChI is InChI=1S/C14H18N2O2/c1-18-7-6-16(13-3-4-13)14-5-2-11(10-17)8-12(14)9-15/h2,5,8,13,17H,3-4,6-7,10H2,1H3. The summed E-state index contributed by atoms with van der Waals surface area (Å²) >= 11 is 0.